The molecule has 2 aliphatic heterocycles. The van der Waals surface area contributed by atoms with Crippen LogP contribution in [0, 0.1) is 0 Å². The van der Waals surface area contributed by atoms with E-state index in [0.29, 0.717) is 23.0 Å². The summed E-state index contributed by atoms with van der Waals surface area (Å²) in [4.78, 5) is 0. The van der Waals surface area contributed by atoms with E-state index in [2.05, 4.69) is 0 Å². The quantitative estimate of drug-likeness (QED) is 0.692. The monoisotopic (exact) mass is 337 g/mol. The van der Waals surface area contributed by atoms with Crippen LogP contribution < -0.4 is 12.1 Å². The molecule has 2 aromatic rings. The zero-order valence-electron chi connectivity index (χ0n) is 8.70. The summed E-state index contributed by atoms with van der Waals surface area (Å²) in [5.41, 5.74) is 0. The SMILES string of the molecule is c1ccc2c(c1)[O][Sb]1([O]2)[O]c2ccccc2[O]1. The first kappa shape index (κ1) is 9.48. The fourth-order valence-corrected chi connectivity index (χ4v) is 6.91. The van der Waals surface area contributed by atoms with E-state index < -0.39 is 20.5 Å². The van der Waals surface area contributed by atoms with Gasteiger partial charge in [0, 0.05) is 0 Å². The maximum atomic E-state index is 5.77. The maximum absolute atomic E-state index is 5.77. The molecule has 0 unspecified atom stereocenters. The van der Waals surface area contributed by atoms with Crippen LogP contribution in [0.2, 0.25) is 0 Å². The number of hydrogen-bond donors (Lipinski definition) is 0. The van der Waals surface area contributed by atoms with Crippen molar-refractivity contribution in [3.05, 3.63) is 48.5 Å². The molecule has 0 aromatic heterocycles. The second-order valence-corrected chi connectivity index (χ2v) is 8.34. The molecule has 4 rings (SSSR count). The molecule has 0 atom stereocenters. The molecular weight excluding hydrogens is 330 g/mol. The Kier molecular flexibility index (Phi) is 1.80. The standard InChI is InChI=1S/2C6H6O2.Sb/c2*7-5-3-1-2-4-6(5)8;/h2*1-4,7-8H;/q;;+4/p-4. The minimum absolute atomic E-state index is 0.700. The Morgan fingerprint density at radius 1 is 0.529 bits per heavy atom. The van der Waals surface area contributed by atoms with Crippen LogP contribution in [0.1, 0.15) is 0 Å². The topological polar surface area (TPSA) is 36.9 Å². The fourth-order valence-electron chi connectivity index (χ4n) is 1.80. The Morgan fingerprint density at radius 2 is 0.824 bits per heavy atom. The van der Waals surface area contributed by atoms with Gasteiger partial charge >= 0.3 is 104 Å². The third kappa shape index (κ3) is 1.37. The molecule has 1 radical (unpaired) electrons. The Hall–Kier alpha value is -1.54. The van der Waals surface area contributed by atoms with Crippen LogP contribution >= 0.6 is 0 Å². The summed E-state index contributed by atoms with van der Waals surface area (Å²) in [7, 11) is 0. The van der Waals surface area contributed by atoms with Gasteiger partial charge in [0.1, 0.15) is 0 Å². The number of benzene rings is 2. The van der Waals surface area contributed by atoms with Crippen molar-refractivity contribution in [2.24, 2.45) is 0 Å². The molecule has 0 bridgehead atoms. The molecule has 85 valence electrons. The first-order chi connectivity index (χ1) is 8.35. The number of rotatable bonds is 0. The second kappa shape index (κ2) is 3.23. The van der Waals surface area contributed by atoms with E-state index in [1.54, 1.807) is 0 Å². The van der Waals surface area contributed by atoms with Crippen molar-refractivity contribution in [1.29, 1.82) is 0 Å². The van der Waals surface area contributed by atoms with Crippen molar-refractivity contribution >= 4 is 20.5 Å². The van der Waals surface area contributed by atoms with E-state index in [-0.39, 0.29) is 0 Å². The summed E-state index contributed by atoms with van der Waals surface area (Å²) in [5.74, 6) is 2.80. The number of para-hydroxylation sites is 4. The third-order valence-corrected chi connectivity index (χ3v) is 7.34. The number of hydrogen-bond acceptors (Lipinski definition) is 4. The van der Waals surface area contributed by atoms with E-state index in [4.69, 9.17) is 12.1 Å². The van der Waals surface area contributed by atoms with Crippen molar-refractivity contribution in [3.63, 3.8) is 0 Å². The third-order valence-electron chi connectivity index (χ3n) is 2.54. The molecule has 0 saturated heterocycles. The summed E-state index contributed by atoms with van der Waals surface area (Å²) < 4.78 is 23.1. The molecule has 2 aliphatic rings. The molecule has 0 saturated carbocycles. The van der Waals surface area contributed by atoms with Gasteiger partial charge in [0.2, 0.25) is 0 Å². The molecule has 1 spiro atoms. The van der Waals surface area contributed by atoms with Gasteiger partial charge in [-0.25, -0.2) is 0 Å². The molecule has 0 N–H and O–H groups in total. The molecule has 4 nitrogen and oxygen atoms in total. The zero-order chi connectivity index (χ0) is 11.3. The van der Waals surface area contributed by atoms with Gasteiger partial charge in [0.05, 0.1) is 0 Å². The van der Waals surface area contributed by atoms with Gasteiger partial charge in [0.15, 0.2) is 0 Å². The Balaban J connectivity index is 1.72. The van der Waals surface area contributed by atoms with Gasteiger partial charge < -0.3 is 0 Å². The Morgan fingerprint density at radius 3 is 1.12 bits per heavy atom. The zero-order valence-corrected chi connectivity index (χ0v) is 11.3. The van der Waals surface area contributed by atoms with Crippen molar-refractivity contribution in [2.75, 3.05) is 0 Å². The summed E-state index contributed by atoms with van der Waals surface area (Å²) in [6.07, 6.45) is 0. The first-order valence-electron chi connectivity index (χ1n) is 5.20. The molecule has 2 heterocycles. The van der Waals surface area contributed by atoms with E-state index in [1.807, 2.05) is 48.5 Å². The summed E-state index contributed by atoms with van der Waals surface area (Å²) in [6, 6.07) is 15.0. The Labute approximate surface area is 104 Å². The van der Waals surface area contributed by atoms with E-state index in [1.165, 1.54) is 0 Å². The van der Waals surface area contributed by atoms with Gasteiger partial charge in [0.25, 0.3) is 0 Å². The minimum atomic E-state index is -3.78. The van der Waals surface area contributed by atoms with Crippen LogP contribution in [0.15, 0.2) is 48.5 Å². The molecular formula is C12H8O4Sb. The van der Waals surface area contributed by atoms with E-state index >= 15 is 0 Å². The van der Waals surface area contributed by atoms with E-state index in [9.17, 15) is 0 Å². The van der Waals surface area contributed by atoms with Gasteiger partial charge in [-0.2, -0.15) is 0 Å². The summed E-state index contributed by atoms with van der Waals surface area (Å²) >= 11 is -3.78. The molecule has 5 heteroatoms. The van der Waals surface area contributed by atoms with Crippen LogP contribution in [0.4, 0.5) is 0 Å². The second-order valence-electron chi connectivity index (χ2n) is 3.71. The van der Waals surface area contributed by atoms with Crippen LogP contribution in [-0.4, -0.2) is 20.5 Å². The van der Waals surface area contributed by atoms with Crippen molar-refractivity contribution in [1.82, 2.24) is 0 Å². The Bertz CT molecular complexity index is 492. The van der Waals surface area contributed by atoms with Crippen LogP contribution in [0.25, 0.3) is 0 Å². The molecule has 2 aromatic carbocycles. The predicted octanol–water partition coefficient (Wildman–Crippen LogP) is 2.36. The molecule has 0 aliphatic carbocycles. The summed E-state index contributed by atoms with van der Waals surface area (Å²) in [6.45, 7) is 0. The van der Waals surface area contributed by atoms with Crippen molar-refractivity contribution in [3.8, 4) is 23.0 Å². The average molecular weight is 338 g/mol. The molecule has 0 amide bonds. The first-order valence-corrected chi connectivity index (χ1v) is 9.37. The van der Waals surface area contributed by atoms with Gasteiger partial charge in [-0.3, -0.25) is 0 Å². The molecule has 17 heavy (non-hydrogen) atoms. The number of fused-ring (bicyclic) bond motifs is 2. The van der Waals surface area contributed by atoms with Gasteiger partial charge in [-0.1, -0.05) is 0 Å². The van der Waals surface area contributed by atoms with E-state index in [0.717, 1.165) is 0 Å². The van der Waals surface area contributed by atoms with Crippen LogP contribution in [-0.2, 0) is 0 Å². The van der Waals surface area contributed by atoms with Crippen LogP contribution in [0.5, 0.6) is 23.0 Å². The van der Waals surface area contributed by atoms with Crippen LogP contribution in [0.3, 0.4) is 0 Å². The molecule has 0 fully saturated rings. The van der Waals surface area contributed by atoms with Crippen molar-refractivity contribution in [2.45, 2.75) is 0 Å². The fraction of sp³-hybridized carbons (Fsp3) is 0. The van der Waals surface area contributed by atoms with Gasteiger partial charge in [-0.15, -0.1) is 0 Å². The van der Waals surface area contributed by atoms with Gasteiger partial charge in [-0.05, 0) is 0 Å². The predicted molar refractivity (Wildman–Crippen MR) is 61.2 cm³/mol. The normalized spacial score (nSPS) is 17.4. The summed E-state index contributed by atoms with van der Waals surface area (Å²) in [5, 5.41) is 0. The average Bonchev–Trinajstić information content (AvgIpc) is 2.87. The van der Waals surface area contributed by atoms with Crippen molar-refractivity contribution < 1.29 is 12.1 Å².